The molecule has 0 aromatic carbocycles. The first-order chi connectivity index (χ1) is 11.3. The van der Waals surface area contributed by atoms with E-state index in [1.54, 1.807) is 30.5 Å². The minimum atomic E-state index is -3.74. The minimum Gasteiger partial charge on any atom is -0.340 e. The molecular formula is C14H22N4O3S3. The summed E-state index contributed by atoms with van der Waals surface area (Å²) in [6.07, 6.45) is 0. The zero-order valence-electron chi connectivity index (χ0n) is 14.1. The van der Waals surface area contributed by atoms with E-state index in [2.05, 4.69) is 5.10 Å². The Kier molecular flexibility index (Phi) is 5.19. The number of hydrogen-bond donors (Lipinski definition) is 0. The molecule has 1 atom stereocenters. The highest BCUT2D eigenvalue weighted by Gasteiger charge is 2.43. The fourth-order valence-corrected chi connectivity index (χ4v) is 7.54. The van der Waals surface area contributed by atoms with Crippen LogP contribution in [0.3, 0.4) is 0 Å². The van der Waals surface area contributed by atoms with Gasteiger partial charge in [-0.15, -0.1) is 11.8 Å². The monoisotopic (exact) mass is 390 g/mol. The second-order valence-electron chi connectivity index (χ2n) is 5.97. The number of carbonyl (C=O) groups excluding carboxylic acids is 1. The number of amides is 1. The summed E-state index contributed by atoms with van der Waals surface area (Å²) in [5.41, 5.74) is 1.08. The normalized spacial score (nSPS) is 23.0. The standard InChI is InChI=1S/C14H22N4O3S3/c1-10-13(11(2)16(3)15-10)24(20,21)18-9-23-8-12(18)14(19)17-4-6-22-7-5-17/h12H,4-9H2,1-3H3/t12-/m1/s1. The number of aromatic nitrogens is 2. The highest BCUT2D eigenvalue weighted by atomic mass is 32.2. The van der Waals surface area contributed by atoms with E-state index < -0.39 is 16.1 Å². The van der Waals surface area contributed by atoms with Crippen LogP contribution in [-0.2, 0) is 21.9 Å². The maximum Gasteiger partial charge on any atom is 0.248 e. The third-order valence-electron chi connectivity index (χ3n) is 4.46. The van der Waals surface area contributed by atoms with E-state index in [1.165, 1.54) is 16.1 Å². The lowest BCUT2D eigenvalue weighted by Crippen LogP contribution is -2.51. The Hall–Kier alpha value is -0.710. The van der Waals surface area contributed by atoms with Crippen molar-refractivity contribution in [1.29, 1.82) is 0 Å². The predicted octanol–water partition coefficient (Wildman–Crippen LogP) is 0.676. The molecule has 1 amide bonds. The molecule has 0 aliphatic carbocycles. The van der Waals surface area contributed by atoms with Crippen molar-refractivity contribution < 1.29 is 13.2 Å². The van der Waals surface area contributed by atoms with Crippen molar-refractivity contribution in [3.05, 3.63) is 11.4 Å². The minimum absolute atomic E-state index is 0.0666. The summed E-state index contributed by atoms with van der Waals surface area (Å²) in [6.45, 7) is 4.84. The highest BCUT2D eigenvalue weighted by Crippen LogP contribution is 2.32. The molecule has 3 heterocycles. The Morgan fingerprint density at radius 2 is 1.88 bits per heavy atom. The molecule has 10 heteroatoms. The predicted molar refractivity (Wildman–Crippen MR) is 96.7 cm³/mol. The fourth-order valence-electron chi connectivity index (χ4n) is 3.10. The number of rotatable bonds is 3. The number of sulfonamides is 1. The van der Waals surface area contributed by atoms with E-state index in [4.69, 9.17) is 0 Å². The molecule has 7 nitrogen and oxygen atoms in total. The van der Waals surface area contributed by atoms with Crippen LogP contribution >= 0.6 is 23.5 Å². The van der Waals surface area contributed by atoms with Gasteiger partial charge in [-0.1, -0.05) is 0 Å². The van der Waals surface area contributed by atoms with Gasteiger partial charge in [0.1, 0.15) is 10.9 Å². The van der Waals surface area contributed by atoms with E-state index >= 15 is 0 Å². The Bertz CT molecular complexity index is 741. The van der Waals surface area contributed by atoms with Crippen molar-refractivity contribution in [3.8, 4) is 0 Å². The van der Waals surface area contributed by atoms with Crippen LogP contribution in [-0.4, -0.2) is 75.6 Å². The Morgan fingerprint density at radius 1 is 1.21 bits per heavy atom. The first kappa shape index (κ1) is 18.1. The maximum atomic E-state index is 13.2. The Morgan fingerprint density at radius 3 is 2.46 bits per heavy atom. The van der Waals surface area contributed by atoms with Gasteiger partial charge in [0.25, 0.3) is 0 Å². The summed E-state index contributed by atoms with van der Waals surface area (Å²) < 4.78 is 29.3. The van der Waals surface area contributed by atoms with Crippen LogP contribution in [0.15, 0.2) is 4.90 Å². The largest absolute Gasteiger partial charge is 0.340 e. The van der Waals surface area contributed by atoms with Gasteiger partial charge in [0.05, 0.1) is 17.3 Å². The van der Waals surface area contributed by atoms with E-state index in [0.29, 0.717) is 36.1 Å². The van der Waals surface area contributed by atoms with Gasteiger partial charge < -0.3 is 4.90 Å². The SMILES string of the molecule is Cc1nn(C)c(C)c1S(=O)(=O)N1CSC[C@@H]1C(=O)N1CCSCC1. The van der Waals surface area contributed by atoms with Crippen LogP contribution in [0.2, 0.25) is 0 Å². The lowest BCUT2D eigenvalue weighted by atomic mass is 10.3. The lowest BCUT2D eigenvalue weighted by molar-refractivity contribution is -0.133. The number of carbonyl (C=O) groups is 1. The number of aryl methyl sites for hydroxylation is 2. The highest BCUT2D eigenvalue weighted by molar-refractivity contribution is 8.00. The van der Waals surface area contributed by atoms with Crippen LogP contribution in [0, 0.1) is 13.8 Å². The van der Waals surface area contributed by atoms with Crippen molar-refractivity contribution >= 4 is 39.5 Å². The Balaban J connectivity index is 1.90. The Labute approximate surface area is 151 Å². The molecule has 0 unspecified atom stereocenters. The maximum absolute atomic E-state index is 13.2. The quantitative estimate of drug-likeness (QED) is 0.755. The third-order valence-corrected chi connectivity index (χ3v) is 8.68. The smallest absolute Gasteiger partial charge is 0.248 e. The molecule has 1 aromatic heterocycles. The number of hydrogen-bond acceptors (Lipinski definition) is 6. The van der Waals surface area contributed by atoms with E-state index in [0.717, 1.165) is 11.5 Å². The van der Waals surface area contributed by atoms with Crippen molar-refractivity contribution in [2.75, 3.05) is 36.2 Å². The summed E-state index contributed by atoms with van der Waals surface area (Å²) in [6, 6.07) is -0.609. The van der Waals surface area contributed by atoms with Crippen molar-refractivity contribution in [3.63, 3.8) is 0 Å². The molecule has 0 N–H and O–H groups in total. The van der Waals surface area contributed by atoms with Gasteiger partial charge in [-0.25, -0.2) is 8.42 Å². The van der Waals surface area contributed by atoms with Gasteiger partial charge in [0.2, 0.25) is 15.9 Å². The van der Waals surface area contributed by atoms with Gasteiger partial charge in [-0.2, -0.15) is 21.2 Å². The molecule has 134 valence electrons. The summed E-state index contributed by atoms with van der Waals surface area (Å²) in [4.78, 5) is 14.9. The molecule has 1 aromatic rings. The van der Waals surface area contributed by atoms with Crippen LogP contribution in [0.4, 0.5) is 0 Å². The van der Waals surface area contributed by atoms with Crippen LogP contribution in [0.5, 0.6) is 0 Å². The van der Waals surface area contributed by atoms with Crippen LogP contribution in [0.1, 0.15) is 11.4 Å². The number of nitrogens with zero attached hydrogens (tertiary/aromatic N) is 4. The molecule has 2 saturated heterocycles. The van der Waals surface area contributed by atoms with Crippen LogP contribution in [0.25, 0.3) is 0 Å². The first-order valence-corrected chi connectivity index (χ1v) is 11.6. The van der Waals surface area contributed by atoms with Gasteiger partial charge in [-0.3, -0.25) is 9.48 Å². The third kappa shape index (κ3) is 3.09. The van der Waals surface area contributed by atoms with Gasteiger partial charge in [0, 0.05) is 37.4 Å². The molecule has 0 bridgehead atoms. The van der Waals surface area contributed by atoms with E-state index in [-0.39, 0.29) is 10.8 Å². The van der Waals surface area contributed by atoms with Crippen molar-refractivity contribution in [2.45, 2.75) is 24.8 Å². The zero-order valence-corrected chi connectivity index (χ0v) is 16.5. The van der Waals surface area contributed by atoms with Gasteiger partial charge >= 0.3 is 0 Å². The fraction of sp³-hybridized carbons (Fsp3) is 0.714. The first-order valence-electron chi connectivity index (χ1n) is 7.80. The molecule has 0 saturated carbocycles. The van der Waals surface area contributed by atoms with Crippen LogP contribution < -0.4 is 0 Å². The second kappa shape index (κ2) is 6.89. The topological polar surface area (TPSA) is 75.5 Å². The molecule has 24 heavy (non-hydrogen) atoms. The van der Waals surface area contributed by atoms with E-state index in [9.17, 15) is 13.2 Å². The van der Waals surface area contributed by atoms with Crippen molar-refractivity contribution in [1.82, 2.24) is 19.0 Å². The summed E-state index contributed by atoms with van der Waals surface area (Å²) in [5.74, 6) is 2.59. The molecule has 3 rings (SSSR count). The molecule has 2 aliphatic heterocycles. The lowest BCUT2D eigenvalue weighted by Gasteiger charge is -2.31. The van der Waals surface area contributed by atoms with Gasteiger partial charge in [-0.05, 0) is 13.8 Å². The molecule has 2 fully saturated rings. The summed E-state index contributed by atoms with van der Waals surface area (Å²) in [7, 11) is -2.01. The zero-order chi connectivity index (χ0) is 17.5. The average Bonchev–Trinajstić information content (AvgIpc) is 3.13. The second-order valence-corrected chi connectivity index (χ2v) is 10.0. The summed E-state index contributed by atoms with van der Waals surface area (Å²) in [5, 5.41) is 4.21. The molecular weight excluding hydrogens is 368 g/mol. The van der Waals surface area contributed by atoms with Gasteiger partial charge in [0.15, 0.2) is 0 Å². The average molecular weight is 391 g/mol. The van der Waals surface area contributed by atoms with E-state index in [1.807, 2.05) is 11.8 Å². The molecule has 0 spiro atoms. The van der Waals surface area contributed by atoms with Crippen molar-refractivity contribution in [2.24, 2.45) is 7.05 Å². The molecule has 0 radical (unpaired) electrons. The molecule has 2 aliphatic rings. The number of thioether (sulfide) groups is 2. The summed E-state index contributed by atoms with van der Waals surface area (Å²) >= 11 is 3.32.